The first-order chi connectivity index (χ1) is 12.1. The molecule has 4 aliphatic carbocycles. The average molecular weight is 345 g/mol. The van der Waals surface area contributed by atoms with Gasteiger partial charge in [-0.15, -0.1) is 0 Å². The van der Waals surface area contributed by atoms with Crippen molar-refractivity contribution >= 4 is 0 Å². The van der Waals surface area contributed by atoms with E-state index in [9.17, 15) is 0 Å². The predicted octanol–water partition coefficient (Wildman–Crippen LogP) is 6.46. The van der Waals surface area contributed by atoms with Crippen LogP contribution in [-0.4, -0.2) is 13.2 Å². The maximum Gasteiger partial charge on any atom is 0.0522 e. The third-order valence-corrected chi connectivity index (χ3v) is 11.1. The number of rotatable bonds is 2. The summed E-state index contributed by atoms with van der Waals surface area (Å²) in [5.41, 5.74) is 1.90. The average Bonchev–Trinajstić information content (AvgIpc) is 2.86. The Balaban J connectivity index is 1.47. The Labute approximate surface area is 155 Å². The van der Waals surface area contributed by atoms with Gasteiger partial charge < -0.3 is 4.74 Å². The van der Waals surface area contributed by atoms with Crippen molar-refractivity contribution < 1.29 is 4.74 Å². The first-order valence-corrected chi connectivity index (χ1v) is 11.6. The van der Waals surface area contributed by atoms with E-state index in [0.717, 1.165) is 42.8 Å². The van der Waals surface area contributed by atoms with E-state index in [4.69, 9.17) is 4.74 Å². The van der Waals surface area contributed by atoms with Crippen LogP contribution in [0.25, 0.3) is 0 Å². The minimum Gasteiger partial charge on any atom is -0.381 e. The Morgan fingerprint density at radius 2 is 1.60 bits per heavy atom. The molecule has 1 aliphatic heterocycles. The second-order valence-electron chi connectivity index (χ2n) is 11.1. The van der Waals surface area contributed by atoms with E-state index < -0.39 is 0 Å². The second-order valence-corrected chi connectivity index (χ2v) is 11.1. The summed E-state index contributed by atoms with van der Waals surface area (Å²) < 4.78 is 5.69. The maximum atomic E-state index is 5.69. The Bertz CT molecular complexity index is 524. The van der Waals surface area contributed by atoms with Crippen LogP contribution in [0.15, 0.2) is 0 Å². The molecule has 142 valence electrons. The van der Waals surface area contributed by atoms with Crippen LogP contribution in [0, 0.1) is 45.8 Å². The van der Waals surface area contributed by atoms with Gasteiger partial charge in [0.1, 0.15) is 0 Å². The van der Waals surface area contributed by atoms with Gasteiger partial charge in [0.05, 0.1) is 13.2 Å². The molecule has 0 bridgehead atoms. The molecule has 4 saturated carbocycles. The Morgan fingerprint density at radius 3 is 2.32 bits per heavy atom. The van der Waals surface area contributed by atoms with Crippen LogP contribution in [0.4, 0.5) is 0 Å². The van der Waals surface area contributed by atoms with Gasteiger partial charge in [0, 0.05) is 5.92 Å². The van der Waals surface area contributed by atoms with Crippen LogP contribution in [0.5, 0.6) is 0 Å². The molecule has 1 saturated heterocycles. The van der Waals surface area contributed by atoms with Crippen molar-refractivity contribution in [1.29, 1.82) is 0 Å². The fourth-order valence-corrected chi connectivity index (χ4v) is 9.56. The lowest BCUT2D eigenvalue weighted by Crippen LogP contribution is -2.57. The predicted molar refractivity (Wildman–Crippen MR) is 103 cm³/mol. The minimum atomic E-state index is 0.602. The van der Waals surface area contributed by atoms with Crippen molar-refractivity contribution in [1.82, 2.24) is 0 Å². The van der Waals surface area contributed by atoms with Crippen molar-refractivity contribution in [2.75, 3.05) is 13.2 Å². The lowest BCUT2D eigenvalue weighted by atomic mass is 9.42. The Morgan fingerprint density at radius 1 is 0.800 bits per heavy atom. The highest BCUT2D eigenvalue weighted by Crippen LogP contribution is 2.73. The summed E-state index contributed by atoms with van der Waals surface area (Å²) in [6, 6.07) is 0. The van der Waals surface area contributed by atoms with Crippen LogP contribution in [-0.2, 0) is 4.74 Å². The molecular formula is C24H40O. The molecule has 0 N–H and O–H groups in total. The van der Waals surface area contributed by atoms with Gasteiger partial charge in [-0.05, 0) is 97.7 Å². The van der Waals surface area contributed by atoms with Gasteiger partial charge in [0.2, 0.25) is 0 Å². The normalized spacial score (nSPS) is 55.8. The summed E-state index contributed by atoms with van der Waals surface area (Å²) in [7, 11) is 0. The third-order valence-electron chi connectivity index (χ3n) is 11.1. The van der Waals surface area contributed by atoms with Crippen LogP contribution in [0.3, 0.4) is 0 Å². The van der Waals surface area contributed by atoms with Crippen molar-refractivity contribution in [2.45, 2.75) is 91.4 Å². The van der Waals surface area contributed by atoms with E-state index in [1.165, 1.54) is 44.9 Å². The molecule has 7 atom stereocenters. The number of hydrogen-bond acceptors (Lipinski definition) is 1. The lowest BCUT2D eigenvalue weighted by Gasteiger charge is -2.63. The highest BCUT2D eigenvalue weighted by atomic mass is 16.5. The zero-order chi connectivity index (χ0) is 17.3. The standard InChI is InChI=1S/C24H40O/c1-4-24(18-15-25-16-18)14-11-21-19-9-8-17-7-5-6-12-22(17,2)20(19)10-13-23(21,24)3/h17-21H,4-16H2,1-3H3/t17-,19?,20+,21+,22+,23+,24?/m1/s1. The van der Waals surface area contributed by atoms with Crippen molar-refractivity contribution in [2.24, 2.45) is 45.8 Å². The van der Waals surface area contributed by atoms with E-state index in [-0.39, 0.29) is 0 Å². The van der Waals surface area contributed by atoms with E-state index in [1.807, 2.05) is 0 Å². The molecular weight excluding hydrogens is 304 g/mol. The molecule has 0 aromatic heterocycles. The first-order valence-electron chi connectivity index (χ1n) is 11.6. The van der Waals surface area contributed by atoms with Gasteiger partial charge >= 0.3 is 0 Å². The lowest BCUT2D eigenvalue weighted by molar-refractivity contribution is -0.178. The second kappa shape index (κ2) is 5.73. The first kappa shape index (κ1) is 17.1. The van der Waals surface area contributed by atoms with Crippen LogP contribution >= 0.6 is 0 Å². The molecule has 2 unspecified atom stereocenters. The summed E-state index contributed by atoms with van der Waals surface area (Å²) in [5.74, 6) is 5.05. The van der Waals surface area contributed by atoms with Gasteiger partial charge in [-0.25, -0.2) is 0 Å². The third kappa shape index (κ3) is 2.06. The molecule has 1 nitrogen and oxygen atoms in total. The van der Waals surface area contributed by atoms with Crippen molar-refractivity contribution in [3.05, 3.63) is 0 Å². The molecule has 1 heterocycles. The van der Waals surface area contributed by atoms with Gasteiger partial charge in [-0.1, -0.05) is 33.6 Å². The quantitative estimate of drug-likeness (QED) is 0.558. The van der Waals surface area contributed by atoms with Gasteiger partial charge in [-0.2, -0.15) is 0 Å². The van der Waals surface area contributed by atoms with E-state index in [0.29, 0.717) is 16.2 Å². The Kier molecular flexibility index (Phi) is 3.91. The number of fused-ring (bicyclic) bond motifs is 5. The van der Waals surface area contributed by atoms with Gasteiger partial charge in [-0.3, -0.25) is 0 Å². The van der Waals surface area contributed by atoms with E-state index in [1.54, 1.807) is 25.7 Å². The highest BCUT2D eigenvalue weighted by Gasteiger charge is 2.66. The fraction of sp³-hybridized carbons (Fsp3) is 1.00. The molecule has 0 spiro atoms. The summed E-state index contributed by atoms with van der Waals surface area (Å²) in [4.78, 5) is 0. The van der Waals surface area contributed by atoms with Crippen molar-refractivity contribution in [3.8, 4) is 0 Å². The number of hydrogen-bond donors (Lipinski definition) is 0. The minimum absolute atomic E-state index is 0.602. The van der Waals surface area contributed by atoms with Crippen LogP contribution in [0.2, 0.25) is 0 Å². The summed E-state index contributed by atoms with van der Waals surface area (Å²) in [6.07, 6.45) is 16.7. The highest BCUT2D eigenvalue weighted by molar-refractivity contribution is 5.14. The van der Waals surface area contributed by atoms with Crippen LogP contribution < -0.4 is 0 Å². The maximum absolute atomic E-state index is 5.69. The molecule has 5 fully saturated rings. The van der Waals surface area contributed by atoms with E-state index >= 15 is 0 Å². The van der Waals surface area contributed by atoms with Gasteiger partial charge in [0.15, 0.2) is 0 Å². The van der Waals surface area contributed by atoms with Gasteiger partial charge in [0.25, 0.3) is 0 Å². The molecule has 0 amide bonds. The van der Waals surface area contributed by atoms with Crippen molar-refractivity contribution in [3.63, 3.8) is 0 Å². The van der Waals surface area contributed by atoms with E-state index in [2.05, 4.69) is 20.8 Å². The topological polar surface area (TPSA) is 9.23 Å². The monoisotopic (exact) mass is 344 g/mol. The summed E-state index contributed by atoms with van der Waals surface area (Å²) >= 11 is 0. The zero-order valence-corrected chi connectivity index (χ0v) is 17.0. The van der Waals surface area contributed by atoms with Crippen LogP contribution in [0.1, 0.15) is 91.4 Å². The molecule has 25 heavy (non-hydrogen) atoms. The molecule has 0 aromatic rings. The molecule has 0 aromatic carbocycles. The largest absolute Gasteiger partial charge is 0.381 e. The summed E-state index contributed by atoms with van der Waals surface area (Å²) in [6.45, 7) is 10.1. The number of ether oxygens (including phenoxy) is 1. The molecule has 5 aliphatic rings. The molecule has 1 heteroatoms. The fourth-order valence-electron chi connectivity index (χ4n) is 9.56. The summed E-state index contributed by atoms with van der Waals surface area (Å²) in [5, 5.41) is 0. The SMILES string of the molecule is CCC1(C2COC2)CC[C@H]2C3CC[C@H]4CCCC[C@]4(C)[C@H]3CC[C@@]21C. The molecule has 0 radical (unpaired) electrons. The Hall–Kier alpha value is -0.0400. The zero-order valence-electron chi connectivity index (χ0n) is 17.0. The molecule has 5 rings (SSSR count). The smallest absolute Gasteiger partial charge is 0.0522 e.